The maximum absolute atomic E-state index is 10.9. The molecule has 4 aliphatic rings. The lowest BCUT2D eigenvalue weighted by molar-refractivity contribution is -0.154. The topological polar surface area (TPSA) is 35.5 Å². The Kier molecular flexibility index (Phi) is 3.07. The molecule has 0 saturated heterocycles. The summed E-state index contributed by atoms with van der Waals surface area (Å²) in [6.07, 6.45) is 7.86. The number of hydrogen-bond acceptors (Lipinski definition) is 3. The summed E-state index contributed by atoms with van der Waals surface area (Å²) in [6, 6.07) is 0. The third kappa shape index (κ3) is 2.27. The molecular formula is C15H20O3. The molecule has 4 saturated carbocycles. The van der Waals surface area contributed by atoms with Gasteiger partial charge in [0, 0.05) is 5.92 Å². The highest BCUT2D eigenvalue weighted by atomic mass is 16.5. The normalized spacial score (nSPS) is 40.2. The molecule has 0 atom stereocenters. The Hall–Kier alpha value is -1.01. The highest BCUT2D eigenvalue weighted by Crippen LogP contribution is 2.56. The minimum absolute atomic E-state index is 0.0829. The molecule has 3 heteroatoms. The van der Waals surface area contributed by atoms with Crippen LogP contribution in [0.3, 0.4) is 0 Å². The first-order valence-corrected chi connectivity index (χ1v) is 6.90. The van der Waals surface area contributed by atoms with Crippen LogP contribution in [-0.2, 0) is 14.3 Å². The van der Waals surface area contributed by atoms with Gasteiger partial charge < -0.3 is 9.47 Å². The zero-order chi connectivity index (χ0) is 12.6. The molecule has 98 valence electrons. The second kappa shape index (κ2) is 4.59. The van der Waals surface area contributed by atoms with Gasteiger partial charge in [-0.05, 0) is 56.3 Å². The van der Waals surface area contributed by atoms with Gasteiger partial charge in [0.1, 0.15) is 6.61 Å². The van der Waals surface area contributed by atoms with Crippen molar-refractivity contribution in [1.29, 1.82) is 0 Å². The summed E-state index contributed by atoms with van der Waals surface area (Å²) in [5, 5.41) is 0. The number of hydrogen-bond donors (Lipinski definition) is 0. The van der Waals surface area contributed by atoms with Crippen LogP contribution in [0.1, 0.15) is 38.5 Å². The second-order valence-corrected chi connectivity index (χ2v) is 6.18. The molecule has 4 fully saturated rings. The summed E-state index contributed by atoms with van der Waals surface area (Å²) in [7, 11) is 1.34. The number of carbonyl (C=O) groups is 1. The summed E-state index contributed by atoms with van der Waals surface area (Å²) in [5.41, 5.74) is 0.0829. The van der Waals surface area contributed by atoms with E-state index in [0.717, 1.165) is 17.8 Å². The maximum atomic E-state index is 10.9. The molecule has 4 aliphatic carbocycles. The maximum Gasteiger partial charge on any atom is 0.384 e. The van der Waals surface area contributed by atoms with E-state index in [0.29, 0.717) is 6.61 Å². The molecule has 0 aromatic rings. The van der Waals surface area contributed by atoms with Crippen molar-refractivity contribution in [3.8, 4) is 11.8 Å². The van der Waals surface area contributed by atoms with Gasteiger partial charge in [-0.3, -0.25) is 0 Å². The van der Waals surface area contributed by atoms with Gasteiger partial charge in [0.25, 0.3) is 0 Å². The van der Waals surface area contributed by atoms with Gasteiger partial charge in [-0.1, -0.05) is 5.92 Å². The highest BCUT2D eigenvalue weighted by Gasteiger charge is 2.51. The number of rotatable bonds is 2. The smallest absolute Gasteiger partial charge is 0.384 e. The molecule has 4 bridgehead atoms. The van der Waals surface area contributed by atoms with Crippen molar-refractivity contribution < 1.29 is 14.3 Å². The van der Waals surface area contributed by atoms with Gasteiger partial charge in [0.15, 0.2) is 0 Å². The summed E-state index contributed by atoms with van der Waals surface area (Å²) < 4.78 is 10.5. The van der Waals surface area contributed by atoms with Crippen LogP contribution >= 0.6 is 0 Å². The number of carbonyl (C=O) groups excluding carboxylic acids is 1. The van der Waals surface area contributed by atoms with Gasteiger partial charge in [0.05, 0.1) is 12.7 Å². The van der Waals surface area contributed by atoms with Crippen LogP contribution in [0.4, 0.5) is 0 Å². The molecule has 4 rings (SSSR count). The lowest BCUT2D eigenvalue weighted by atomic mass is 9.54. The molecule has 0 N–H and O–H groups in total. The molecule has 3 nitrogen and oxygen atoms in total. The van der Waals surface area contributed by atoms with Gasteiger partial charge >= 0.3 is 5.97 Å². The average molecular weight is 248 g/mol. The summed E-state index contributed by atoms with van der Waals surface area (Å²) in [4.78, 5) is 10.9. The van der Waals surface area contributed by atoms with Crippen molar-refractivity contribution in [2.24, 2.45) is 17.8 Å². The van der Waals surface area contributed by atoms with Crippen LogP contribution in [0.5, 0.6) is 0 Å². The van der Waals surface area contributed by atoms with Crippen molar-refractivity contribution in [2.45, 2.75) is 44.1 Å². The first-order valence-electron chi connectivity index (χ1n) is 6.90. The Morgan fingerprint density at radius 2 is 1.72 bits per heavy atom. The zero-order valence-electron chi connectivity index (χ0n) is 10.9. The fourth-order valence-corrected chi connectivity index (χ4v) is 4.56. The van der Waals surface area contributed by atoms with E-state index in [9.17, 15) is 4.79 Å². The van der Waals surface area contributed by atoms with E-state index >= 15 is 0 Å². The number of esters is 1. The highest BCUT2D eigenvalue weighted by molar-refractivity contribution is 5.88. The predicted molar refractivity (Wildman–Crippen MR) is 66.6 cm³/mol. The Morgan fingerprint density at radius 1 is 1.17 bits per heavy atom. The monoisotopic (exact) mass is 248 g/mol. The molecule has 18 heavy (non-hydrogen) atoms. The fourth-order valence-electron chi connectivity index (χ4n) is 4.56. The molecule has 0 heterocycles. The first kappa shape index (κ1) is 12.0. The summed E-state index contributed by atoms with van der Waals surface area (Å²) in [6.45, 7) is 0.362. The predicted octanol–water partition coefficient (Wildman–Crippen LogP) is 2.15. The van der Waals surface area contributed by atoms with E-state index in [1.54, 1.807) is 0 Å². The Balaban J connectivity index is 1.59. The van der Waals surface area contributed by atoms with Crippen LogP contribution in [0.25, 0.3) is 0 Å². The van der Waals surface area contributed by atoms with Crippen molar-refractivity contribution in [1.82, 2.24) is 0 Å². The van der Waals surface area contributed by atoms with Crippen LogP contribution in [-0.4, -0.2) is 25.3 Å². The average Bonchev–Trinajstić information content (AvgIpc) is 2.32. The van der Waals surface area contributed by atoms with Crippen LogP contribution < -0.4 is 0 Å². The second-order valence-electron chi connectivity index (χ2n) is 6.18. The van der Waals surface area contributed by atoms with Crippen LogP contribution in [0.15, 0.2) is 0 Å². The van der Waals surface area contributed by atoms with Crippen molar-refractivity contribution in [3.05, 3.63) is 0 Å². The van der Waals surface area contributed by atoms with Crippen molar-refractivity contribution in [2.75, 3.05) is 13.7 Å². The summed E-state index contributed by atoms with van der Waals surface area (Å²) in [5.74, 6) is 7.35. The number of methoxy groups -OCH3 is 1. The van der Waals surface area contributed by atoms with Gasteiger partial charge in [-0.2, -0.15) is 0 Å². The van der Waals surface area contributed by atoms with E-state index in [2.05, 4.69) is 16.6 Å². The molecule has 0 radical (unpaired) electrons. The molecule has 0 aliphatic heterocycles. The van der Waals surface area contributed by atoms with Crippen LogP contribution in [0.2, 0.25) is 0 Å². The minimum atomic E-state index is -0.482. The Bertz CT molecular complexity index is 366. The van der Waals surface area contributed by atoms with Gasteiger partial charge in [0.2, 0.25) is 0 Å². The van der Waals surface area contributed by atoms with Crippen molar-refractivity contribution in [3.63, 3.8) is 0 Å². The molecule has 0 spiro atoms. The van der Waals surface area contributed by atoms with E-state index < -0.39 is 5.97 Å². The zero-order valence-corrected chi connectivity index (χ0v) is 10.9. The fraction of sp³-hybridized carbons (Fsp3) is 0.800. The minimum Gasteiger partial charge on any atom is -0.459 e. The van der Waals surface area contributed by atoms with Crippen molar-refractivity contribution >= 4 is 5.97 Å². The number of ether oxygens (including phenoxy) is 2. The Labute approximate surface area is 108 Å². The van der Waals surface area contributed by atoms with Gasteiger partial charge in [-0.25, -0.2) is 4.79 Å². The third-order valence-electron chi connectivity index (χ3n) is 4.81. The largest absolute Gasteiger partial charge is 0.459 e. The van der Waals surface area contributed by atoms with E-state index in [-0.39, 0.29) is 5.60 Å². The standard InChI is InChI=1S/C15H20O3/c1-17-14(16)3-2-4-18-15-8-11-5-12(9-15)7-13(6-11)10-15/h11-13H,4-10H2,1H3. The molecular weight excluding hydrogens is 228 g/mol. The van der Waals surface area contributed by atoms with Crippen LogP contribution in [0, 0.1) is 29.6 Å². The van der Waals surface area contributed by atoms with E-state index in [4.69, 9.17) is 4.74 Å². The first-order chi connectivity index (χ1) is 8.69. The lowest BCUT2D eigenvalue weighted by Crippen LogP contribution is -2.52. The third-order valence-corrected chi connectivity index (χ3v) is 4.81. The Morgan fingerprint density at radius 3 is 2.22 bits per heavy atom. The molecule has 0 aromatic carbocycles. The van der Waals surface area contributed by atoms with Gasteiger partial charge in [-0.15, -0.1) is 0 Å². The quantitative estimate of drug-likeness (QED) is 0.427. The van der Waals surface area contributed by atoms with E-state index in [1.807, 2.05) is 0 Å². The molecule has 0 amide bonds. The SMILES string of the molecule is COC(=O)C#CCOC12CC3CC(CC(C3)C1)C2. The lowest BCUT2D eigenvalue weighted by Gasteiger charge is -2.56. The molecule has 0 unspecified atom stereocenters. The molecule has 0 aromatic heterocycles. The summed E-state index contributed by atoms with van der Waals surface area (Å²) >= 11 is 0. The van der Waals surface area contributed by atoms with E-state index in [1.165, 1.54) is 45.6 Å².